The Morgan fingerprint density at radius 3 is 1.17 bits per heavy atom. The summed E-state index contributed by atoms with van der Waals surface area (Å²) in [6, 6.07) is 0. The van der Waals surface area contributed by atoms with Crippen molar-refractivity contribution in [1.29, 1.82) is 0 Å². The third kappa shape index (κ3) is 13.0. The summed E-state index contributed by atoms with van der Waals surface area (Å²) < 4.78 is 20.2. The van der Waals surface area contributed by atoms with Crippen molar-refractivity contribution in [2.45, 2.75) is 158 Å². The molecule has 0 radical (unpaired) electrons. The van der Waals surface area contributed by atoms with Crippen LogP contribution in [-0.2, 0) is 14.2 Å². The molecule has 0 saturated heterocycles. The maximum Gasteiger partial charge on any atom is 0.287 e. The van der Waals surface area contributed by atoms with Gasteiger partial charge in [-0.2, -0.15) is 0 Å². The third-order valence-electron chi connectivity index (χ3n) is 4.66. The first-order chi connectivity index (χ1) is 12.8. The Bertz CT molecular complexity index is 400. The van der Waals surface area contributed by atoms with Gasteiger partial charge in [-0.05, 0) is 74.1 Å². The van der Waals surface area contributed by atoms with E-state index in [0.29, 0.717) is 0 Å². The van der Waals surface area contributed by atoms with E-state index in [1.165, 1.54) is 38.5 Å². The minimum absolute atomic E-state index is 0.0227. The fraction of sp³-hybridized carbons (Fsp3) is 1.00. The molecule has 0 rings (SSSR count). The van der Waals surface area contributed by atoms with E-state index >= 15 is 0 Å². The van der Waals surface area contributed by atoms with E-state index in [2.05, 4.69) is 90.0 Å². The topological polar surface area (TPSA) is 27.7 Å². The predicted octanol–water partition coefficient (Wildman–Crippen LogP) is 8.50. The monoisotopic (exact) mass is 414 g/mol. The summed E-state index contributed by atoms with van der Waals surface area (Å²) in [5.74, 6) is -0.991. The molecule has 29 heavy (non-hydrogen) atoms. The molecule has 3 heteroatoms. The molecular weight excluding hydrogens is 360 g/mol. The first-order valence-corrected chi connectivity index (χ1v) is 11.9. The molecule has 1 atom stereocenters. The molecule has 0 spiro atoms. The predicted molar refractivity (Wildman–Crippen MR) is 126 cm³/mol. The molecule has 0 aromatic carbocycles. The SMILES string of the molecule is CCCCCCCCC(C(C)(C)C)C(OC(C)(C)C)(OC(C)(C)C)OC(C)(C)C. The summed E-state index contributed by atoms with van der Waals surface area (Å²) in [7, 11) is 0. The second-order valence-corrected chi connectivity index (χ2v) is 12.7. The van der Waals surface area contributed by atoms with Crippen molar-refractivity contribution in [2.75, 3.05) is 0 Å². The quantitative estimate of drug-likeness (QED) is 0.250. The van der Waals surface area contributed by atoms with Crippen molar-refractivity contribution >= 4 is 0 Å². The lowest BCUT2D eigenvalue weighted by Crippen LogP contribution is -2.59. The second kappa shape index (κ2) is 11.0. The van der Waals surface area contributed by atoms with Crippen LogP contribution in [0.4, 0.5) is 0 Å². The van der Waals surface area contributed by atoms with Crippen molar-refractivity contribution in [3.8, 4) is 0 Å². The molecule has 0 aliphatic carbocycles. The number of hydrogen-bond acceptors (Lipinski definition) is 3. The Labute approximate surface area is 183 Å². The van der Waals surface area contributed by atoms with Crippen LogP contribution < -0.4 is 0 Å². The molecule has 0 bridgehead atoms. The van der Waals surface area contributed by atoms with Crippen molar-refractivity contribution in [1.82, 2.24) is 0 Å². The van der Waals surface area contributed by atoms with Gasteiger partial charge in [0.1, 0.15) is 0 Å². The van der Waals surface area contributed by atoms with E-state index in [1.54, 1.807) is 0 Å². The number of hydrogen-bond donors (Lipinski definition) is 0. The minimum atomic E-state index is -1.10. The van der Waals surface area contributed by atoms with Gasteiger partial charge in [-0.3, -0.25) is 0 Å². The van der Waals surface area contributed by atoms with Gasteiger partial charge >= 0.3 is 0 Å². The Kier molecular flexibility index (Phi) is 10.9. The largest absolute Gasteiger partial charge is 0.321 e. The maximum atomic E-state index is 6.72. The van der Waals surface area contributed by atoms with Gasteiger partial charge in [0.15, 0.2) is 0 Å². The third-order valence-corrected chi connectivity index (χ3v) is 4.66. The van der Waals surface area contributed by atoms with E-state index in [1.807, 2.05) is 0 Å². The van der Waals surface area contributed by atoms with Gasteiger partial charge in [0.05, 0.1) is 16.8 Å². The molecule has 0 saturated carbocycles. The summed E-state index contributed by atoms with van der Waals surface area (Å²) in [4.78, 5) is 0. The van der Waals surface area contributed by atoms with Crippen molar-refractivity contribution in [3.63, 3.8) is 0 Å². The van der Waals surface area contributed by atoms with Gasteiger partial charge in [-0.25, -0.2) is 0 Å². The van der Waals surface area contributed by atoms with E-state index in [4.69, 9.17) is 14.2 Å². The van der Waals surface area contributed by atoms with Crippen LogP contribution in [0.3, 0.4) is 0 Å². The van der Waals surface area contributed by atoms with Gasteiger partial charge in [0.2, 0.25) is 0 Å². The summed E-state index contributed by atoms with van der Waals surface area (Å²) >= 11 is 0. The highest BCUT2D eigenvalue weighted by atomic mass is 16.9. The molecule has 0 aromatic rings. The maximum absolute atomic E-state index is 6.72. The molecular formula is C26H54O3. The van der Waals surface area contributed by atoms with E-state index in [9.17, 15) is 0 Å². The second-order valence-electron chi connectivity index (χ2n) is 12.7. The van der Waals surface area contributed by atoms with E-state index < -0.39 is 5.97 Å². The van der Waals surface area contributed by atoms with Gasteiger partial charge in [-0.15, -0.1) is 0 Å². The molecule has 0 aliphatic heterocycles. The molecule has 0 heterocycles. The van der Waals surface area contributed by atoms with Crippen LogP contribution in [0.1, 0.15) is 135 Å². The molecule has 0 aromatic heterocycles. The van der Waals surface area contributed by atoms with Gasteiger partial charge in [-0.1, -0.05) is 66.2 Å². The lowest BCUT2D eigenvalue weighted by Gasteiger charge is -2.52. The highest BCUT2D eigenvalue weighted by Gasteiger charge is 2.54. The lowest BCUT2D eigenvalue weighted by molar-refractivity contribution is -0.475. The number of unbranched alkanes of at least 4 members (excludes halogenated alkanes) is 5. The van der Waals surface area contributed by atoms with Crippen LogP contribution in [0.15, 0.2) is 0 Å². The zero-order valence-electron chi connectivity index (χ0n) is 22.3. The molecule has 0 amide bonds. The van der Waals surface area contributed by atoms with Gasteiger partial charge in [0, 0.05) is 5.92 Å². The molecule has 1 unspecified atom stereocenters. The summed E-state index contributed by atoms with van der Waals surface area (Å²) in [5.41, 5.74) is -1.19. The fourth-order valence-corrected chi connectivity index (χ4v) is 3.83. The van der Waals surface area contributed by atoms with Crippen LogP contribution in [0.25, 0.3) is 0 Å². The fourth-order valence-electron chi connectivity index (χ4n) is 3.83. The smallest absolute Gasteiger partial charge is 0.287 e. The van der Waals surface area contributed by atoms with Crippen molar-refractivity contribution in [3.05, 3.63) is 0 Å². The van der Waals surface area contributed by atoms with E-state index in [-0.39, 0.29) is 28.1 Å². The summed E-state index contributed by atoms with van der Waals surface area (Å²) in [6.45, 7) is 27.9. The number of ether oxygens (including phenoxy) is 3. The lowest BCUT2D eigenvalue weighted by atomic mass is 9.75. The van der Waals surface area contributed by atoms with Crippen molar-refractivity contribution in [2.24, 2.45) is 11.3 Å². The highest BCUT2D eigenvalue weighted by Crippen LogP contribution is 2.47. The van der Waals surface area contributed by atoms with E-state index in [0.717, 1.165) is 6.42 Å². The van der Waals surface area contributed by atoms with Crippen LogP contribution in [0.5, 0.6) is 0 Å². The summed E-state index contributed by atoms with van der Waals surface area (Å²) in [5, 5.41) is 0. The molecule has 0 aliphatic rings. The molecule has 176 valence electrons. The Morgan fingerprint density at radius 1 is 0.517 bits per heavy atom. The Balaban J connectivity index is 5.96. The average Bonchev–Trinajstić information content (AvgIpc) is 2.38. The minimum Gasteiger partial charge on any atom is -0.321 e. The van der Waals surface area contributed by atoms with Crippen LogP contribution in [0.2, 0.25) is 0 Å². The normalized spacial score (nSPS) is 15.6. The standard InChI is InChI=1S/C26H54O3/c1-14-15-16-17-18-19-20-21(22(2,3)4)26(27-23(5,6)7,28-24(8,9)10)29-25(11,12)13/h21H,14-20H2,1-13H3. The Hall–Kier alpha value is -0.120. The zero-order chi connectivity index (χ0) is 23.1. The molecule has 0 N–H and O–H groups in total. The summed E-state index contributed by atoms with van der Waals surface area (Å²) in [6.07, 6.45) is 8.70. The van der Waals surface area contributed by atoms with Crippen molar-refractivity contribution < 1.29 is 14.2 Å². The highest BCUT2D eigenvalue weighted by molar-refractivity contribution is 4.88. The Morgan fingerprint density at radius 2 is 0.862 bits per heavy atom. The number of rotatable bonds is 11. The van der Waals surface area contributed by atoms with Crippen LogP contribution in [0, 0.1) is 11.3 Å². The van der Waals surface area contributed by atoms with Gasteiger partial charge in [0.25, 0.3) is 5.97 Å². The zero-order valence-corrected chi connectivity index (χ0v) is 22.3. The van der Waals surface area contributed by atoms with Crippen LogP contribution in [-0.4, -0.2) is 22.8 Å². The first kappa shape index (κ1) is 28.9. The molecule has 0 fully saturated rings. The average molecular weight is 415 g/mol. The van der Waals surface area contributed by atoms with Crippen LogP contribution >= 0.6 is 0 Å². The first-order valence-electron chi connectivity index (χ1n) is 11.9. The molecule has 3 nitrogen and oxygen atoms in total. The van der Waals surface area contributed by atoms with Gasteiger partial charge < -0.3 is 14.2 Å².